The maximum atomic E-state index is 13.5. The van der Waals surface area contributed by atoms with Gasteiger partial charge in [0.25, 0.3) is 5.92 Å². The number of hydrogen-bond donors (Lipinski definition) is 0. The van der Waals surface area contributed by atoms with Gasteiger partial charge in [-0.1, -0.05) is 0 Å². The van der Waals surface area contributed by atoms with Crippen molar-refractivity contribution < 1.29 is 18.3 Å². The molecule has 2 aliphatic rings. The van der Waals surface area contributed by atoms with Gasteiger partial charge in [-0.05, 0) is 27.7 Å². The molecule has 10 heteroatoms. The molecule has 1 aromatic rings. The number of rotatable bonds is 2. The van der Waals surface area contributed by atoms with Gasteiger partial charge in [0.1, 0.15) is 11.4 Å². The minimum absolute atomic E-state index is 0.193. The number of halogens is 2. The van der Waals surface area contributed by atoms with E-state index in [-0.39, 0.29) is 31.6 Å². The molecule has 1 amide bonds. The second-order valence-electron chi connectivity index (χ2n) is 7.96. The Morgan fingerprint density at radius 1 is 1.00 bits per heavy atom. The molecular formula is C17H26F2N6O2. The summed E-state index contributed by atoms with van der Waals surface area (Å²) < 4.78 is 32.4. The molecular weight excluding hydrogens is 358 g/mol. The van der Waals surface area contributed by atoms with Gasteiger partial charge in [0.15, 0.2) is 0 Å². The molecule has 2 saturated heterocycles. The molecule has 0 spiro atoms. The van der Waals surface area contributed by atoms with Gasteiger partial charge in [0, 0.05) is 39.1 Å². The van der Waals surface area contributed by atoms with Crippen LogP contribution in [0.4, 0.5) is 25.5 Å². The predicted molar refractivity (Wildman–Crippen MR) is 96.4 cm³/mol. The van der Waals surface area contributed by atoms with E-state index in [0.717, 1.165) is 0 Å². The quantitative estimate of drug-likeness (QED) is 0.773. The van der Waals surface area contributed by atoms with Crippen molar-refractivity contribution in [2.75, 3.05) is 49.1 Å². The lowest BCUT2D eigenvalue weighted by molar-refractivity contribution is 0.0237. The molecule has 2 fully saturated rings. The number of aryl methyl sites for hydroxylation is 1. The Balaban J connectivity index is 1.65. The van der Waals surface area contributed by atoms with E-state index in [0.29, 0.717) is 38.0 Å². The van der Waals surface area contributed by atoms with Crippen molar-refractivity contribution in [2.45, 2.75) is 45.6 Å². The van der Waals surface area contributed by atoms with E-state index < -0.39 is 11.5 Å². The van der Waals surface area contributed by atoms with Crippen LogP contribution in [0.3, 0.4) is 0 Å². The highest BCUT2D eigenvalue weighted by Crippen LogP contribution is 2.29. The fourth-order valence-electron chi connectivity index (χ4n) is 3.06. The molecule has 0 bridgehead atoms. The third-order valence-corrected chi connectivity index (χ3v) is 4.39. The van der Waals surface area contributed by atoms with Gasteiger partial charge < -0.3 is 19.4 Å². The maximum absolute atomic E-state index is 13.5. The van der Waals surface area contributed by atoms with Crippen molar-refractivity contribution in [3.8, 4) is 0 Å². The largest absolute Gasteiger partial charge is 0.444 e. The topological polar surface area (TPSA) is 74.7 Å². The zero-order valence-electron chi connectivity index (χ0n) is 16.2. The first-order valence-corrected chi connectivity index (χ1v) is 9.11. The lowest BCUT2D eigenvalue weighted by atomic mass is 10.2. The molecule has 3 rings (SSSR count). The molecule has 150 valence electrons. The molecule has 0 radical (unpaired) electrons. The van der Waals surface area contributed by atoms with Crippen LogP contribution in [0.2, 0.25) is 0 Å². The van der Waals surface area contributed by atoms with Crippen molar-refractivity contribution >= 4 is 18.0 Å². The Morgan fingerprint density at radius 2 is 1.59 bits per heavy atom. The number of ether oxygens (including phenoxy) is 1. The summed E-state index contributed by atoms with van der Waals surface area (Å²) in [5, 5.41) is 0. The highest BCUT2D eigenvalue weighted by atomic mass is 19.3. The van der Waals surface area contributed by atoms with E-state index in [1.165, 1.54) is 4.90 Å². The van der Waals surface area contributed by atoms with Crippen molar-refractivity contribution in [2.24, 2.45) is 0 Å². The second kappa shape index (κ2) is 7.05. The minimum Gasteiger partial charge on any atom is -0.444 e. The van der Waals surface area contributed by atoms with Crippen molar-refractivity contribution in [1.82, 2.24) is 19.9 Å². The van der Waals surface area contributed by atoms with Gasteiger partial charge >= 0.3 is 6.09 Å². The van der Waals surface area contributed by atoms with Crippen LogP contribution in [0.15, 0.2) is 0 Å². The van der Waals surface area contributed by atoms with Gasteiger partial charge in [-0.25, -0.2) is 13.6 Å². The fraction of sp³-hybridized carbons (Fsp3) is 0.765. The molecule has 8 nitrogen and oxygen atoms in total. The van der Waals surface area contributed by atoms with Gasteiger partial charge in [-0.2, -0.15) is 15.0 Å². The summed E-state index contributed by atoms with van der Waals surface area (Å²) in [6, 6.07) is 0. The number of anilines is 2. The van der Waals surface area contributed by atoms with E-state index in [2.05, 4.69) is 15.0 Å². The molecule has 3 heterocycles. The summed E-state index contributed by atoms with van der Waals surface area (Å²) in [6.07, 6.45) is -0.532. The Hall–Kier alpha value is -2.26. The first-order valence-electron chi connectivity index (χ1n) is 9.11. The predicted octanol–water partition coefficient (Wildman–Crippen LogP) is 2.08. The summed E-state index contributed by atoms with van der Waals surface area (Å²) in [7, 11) is 0. The average molecular weight is 384 g/mol. The first-order chi connectivity index (χ1) is 12.5. The molecule has 0 atom stereocenters. The van der Waals surface area contributed by atoms with Crippen LogP contribution in [0.25, 0.3) is 0 Å². The highest BCUT2D eigenvalue weighted by Gasteiger charge is 2.39. The summed E-state index contributed by atoms with van der Waals surface area (Å²) in [5.41, 5.74) is -0.535. The summed E-state index contributed by atoms with van der Waals surface area (Å²) in [5.74, 6) is -1.49. The maximum Gasteiger partial charge on any atom is 0.410 e. The van der Waals surface area contributed by atoms with E-state index in [1.54, 1.807) is 11.8 Å². The number of aromatic nitrogens is 3. The SMILES string of the molecule is Cc1nc(N2CCN(C(=O)OC(C)(C)C)CC2)nc(N2CCC(F)(F)C2)n1. The molecule has 0 saturated carbocycles. The smallest absolute Gasteiger partial charge is 0.410 e. The number of carbonyl (C=O) groups is 1. The minimum atomic E-state index is -2.71. The number of piperazine rings is 1. The third kappa shape index (κ3) is 4.92. The van der Waals surface area contributed by atoms with Crippen LogP contribution in [0, 0.1) is 6.92 Å². The standard InChI is InChI=1S/C17H26F2N6O2/c1-12-20-13(22-14(21-12)25-6-5-17(18,19)11-25)23-7-9-24(10-8-23)15(26)27-16(2,3)4/h5-11H2,1-4H3. The number of carbonyl (C=O) groups excluding carboxylic acids is 1. The van der Waals surface area contributed by atoms with Gasteiger partial charge in [-0.3, -0.25) is 0 Å². The van der Waals surface area contributed by atoms with Crippen molar-refractivity contribution in [3.05, 3.63) is 5.82 Å². The van der Waals surface area contributed by atoms with E-state index in [4.69, 9.17) is 4.74 Å². The Morgan fingerprint density at radius 3 is 2.11 bits per heavy atom. The van der Waals surface area contributed by atoms with Crippen LogP contribution >= 0.6 is 0 Å². The lowest BCUT2D eigenvalue weighted by Gasteiger charge is -2.35. The van der Waals surface area contributed by atoms with Gasteiger partial charge in [-0.15, -0.1) is 0 Å². The van der Waals surface area contributed by atoms with Gasteiger partial charge in [0.2, 0.25) is 11.9 Å². The number of nitrogens with zero attached hydrogens (tertiary/aromatic N) is 6. The lowest BCUT2D eigenvalue weighted by Crippen LogP contribution is -2.50. The molecule has 0 aromatic carbocycles. The molecule has 0 unspecified atom stereocenters. The zero-order chi connectivity index (χ0) is 19.8. The second-order valence-corrected chi connectivity index (χ2v) is 7.96. The Labute approximate surface area is 157 Å². The fourth-order valence-corrected chi connectivity index (χ4v) is 3.06. The summed E-state index contributed by atoms with van der Waals surface area (Å²) in [6.45, 7) is 9.11. The number of hydrogen-bond acceptors (Lipinski definition) is 7. The number of alkyl halides is 2. The zero-order valence-corrected chi connectivity index (χ0v) is 16.2. The molecule has 2 aliphatic heterocycles. The van der Waals surface area contributed by atoms with Crippen LogP contribution in [-0.4, -0.2) is 76.7 Å². The third-order valence-electron chi connectivity index (χ3n) is 4.39. The Kier molecular flexibility index (Phi) is 5.09. The van der Waals surface area contributed by atoms with Crippen LogP contribution in [0.1, 0.15) is 33.0 Å². The molecule has 0 aliphatic carbocycles. The van der Waals surface area contributed by atoms with E-state index in [1.807, 2.05) is 25.7 Å². The summed E-state index contributed by atoms with van der Waals surface area (Å²) in [4.78, 5) is 30.2. The molecule has 0 N–H and O–H groups in total. The van der Waals surface area contributed by atoms with Gasteiger partial charge in [0.05, 0.1) is 6.54 Å². The molecule has 27 heavy (non-hydrogen) atoms. The van der Waals surface area contributed by atoms with Crippen LogP contribution in [0.5, 0.6) is 0 Å². The Bertz CT molecular complexity index is 701. The van der Waals surface area contributed by atoms with Crippen LogP contribution in [-0.2, 0) is 4.74 Å². The monoisotopic (exact) mass is 384 g/mol. The van der Waals surface area contributed by atoms with E-state index in [9.17, 15) is 13.6 Å². The highest BCUT2D eigenvalue weighted by molar-refractivity contribution is 5.68. The summed E-state index contributed by atoms with van der Waals surface area (Å²) >= 11 is 0. The van der Waals surface area contributed by atoms with Crippen molar-refractivity contribution in [3.63, 3.8) is 0 Å². The molecule has 1 aromatic heterocycles. The normalized spacial score (nSPS) is 20.1. The van der Waals surface area contributed by atoms with Crippen molar-refractivity contribution in [1.29, 1.82) is 0 Å². The number of amides is 1. The first kappa shape index (κ1) is 19.5. The average Bonchev–Trinajstić information content (AvgIpc) is 2.93. The van der Waals surface area contributed by atoms with E-state index >= 15 is 0 Å². The van der Waals surface area contributed by atoms with Crippen LogP contribution < -0.4 is 9.80 Å².